The lowest BCUT2D eigenvalue weighted by atomic mass is 9.93. The molecule has 0 spiro atoms. The molecular weight excluding hydrogens is 380 g/mol. The lowest BCUT2D eigenvalue weighted by Gasteiger charge is -2.13. The van der Waals surface area contributed by atoms with Gasteiger partial charge in [-0.2, -0.15) is 0 Å². The molecule has 0 radical (unpaired) electrons. The standard InChI is InChI=1S/C25H24O5/c1-4-16(3)20-14-17(11-12-22(26)18-9-7-6-8-10-18)13-19-15-21(24(27)29-5-2)25(28)30-23(19)20/h6-16H,4-5H2,1-3H3/b12-11+. The minimum absolute atomic E-state index is 0.104. The fourth-order valence-corrected chi connectivity index (χ4v) is 3.19. The van der Waals surface area contributed by atoms with E-state index in [-0.39, 0.29) is 23.9 Å². The number of allylic oxidation sites excluding steroid dienone is 1. The van der Waals surface area contributed by atoms with E-state index in [1.54, 1.807) is 31.2 Å². The maximum absolute atomic E-state index is 12.4. The first-order valence-corrected chi connectivity index (χ1v) is 10.0. The highest BCUT2D eigenvalue weighted by Crippen LogP contribution is 2.29. The van der Waals surface area contributed by atoms with E-state index in [9.17, 15) is 14.4 Å². The van der Waals surface area contributed by atoms with Crippen molar-refractivity contribution >= 4 is 28.8 Å². The molecule has 154 valence electrons. The molecule has 3 rings (SSSR count). The van der Waals surface area contributed by atoms with Gasteiger partial charge in [-0.3, -0.25) is 4.79 Å². The van der Waals surface area contributed by atoms with Crippen molar-refractivity contribution in [3.8, 4) is 0 Å². The smallest absolute Gasteiger partial charge is 0.351 e. The van der Waals surface area contributed by atoms with Crippen molar-refractivity contribution in [3.05, 3.63) is 87.3 Å². The Hall–Kier alpha value is -3.47. The normalized spacial score (nSPS) is 12.2. The topological polar surface area (TPSA) is 73.6 Å². The van der Waals surface area contributed by atoms with Crippen LogP contribution < -0.4 is 5.63 Å². The summed E-state index contributed by atoms with van der Waals surface area (Å²) in [5.74, 6) is -0.687. The van der Waals surface area contributed by atoms with Gasteiger partial charge in [-0.05, 0) is 54.7 Å². The predicted molar refractivity (Wildman–Crippen MR) is 117 cm³/mol. The van der Waals surface area contributed by atoms with Gasteiger partial charge in [0.1, 0.15) is 11.1 Å². The van der Waals surface area contributed by atoms with Gasteiger partial charge in [-0.15, -0.1) is 0 Å². The molecule has 0 saturated carbocycles. The lowest BCUT2D eigenvalue weighted by molar-refractivity contribution is 0.0521. The Balaban J connectivity index is 2.09. The van der Waals surface area contributed by atoms with Crippen molar-refractivity contribution < 1.29 is 18.7 Å². The molecule has 0 bridgehead atoms. The average Bonchev–Trinajstić information content (AvgIpc) is 2.76. The van der Waals surface area contributed by atoms with Crippen LogP contribution in [0.5, 0.6) is 0 Å². The van der Waals surface area contributed by atoms with Crippen LogP contribution in [0.1, 0.15) is 65.0 Å². The summed E-state index contributed by atoms with van der Waals surface area (Å²) >= 11 is 0. The van der Waals surface area contributed by atoms with Gasteiger partial charge in [0.25, 0.3) is 0 Å². The third-order valence-corrected chi connectivity index (χ3v) is 5.01. The van der Waals surface area contributed by atoms with Crippen LogP contribution in [0.4, 0.5) is 0 Å². The third-order valence-electron chi connectivity index (χ3n) is 5.01. The molecule has 0 aliphatic rings. The van der Waals surface area contributed by atoms with E-state index in [0.717, 1.165) is 17.5 Å². The van der Waals surface area contributed by atoms with Gasteiger partial charge < -0.3 is 9.15 Å². The number of hydrogen-bond acceptors (Lipinski definition) is 5. The number of fused-ring (bicyclic) bond motifs is 1. The molecule has 0 aliphatic carbocycles. The highest BCUT2D eigenvalue weighted by molar-refractivity contribution is 6.07. The average molecular weight is 404 g/mol. The van der Waals surface area contributed by atoms with Crippen molar-refractivity contribution in [2.75, 3.05) is 6.61 Å². The Morgan fingerprint density at radius 2 is 1.83 bits per heavy atom. The number of ketones is 1. The van der Waals surface area contributed by atoms with Gasteiger partial charge in [0.15, 0.2) is 5.78 Å². The highest BCUT2D eigenvalue weighted by atomic mass is 16.5. The van der Waals surface area contributed by atoms with Crippen molar-refractivity contribution in [1.82, 2.24) is 0 Å². The summed E-state index contributed by atoms with van der Waals surface area (Å²) in [7, 11) is 0. The van der Waals surface area contributed by atoms with E-state index in [1.165, 1.54) is 12.1 Å². The van der Waals surface area contributed by atoms with Crippen LogP contribution >= 0.6 is 0 Å². The van der Waals surface area contributed by atoms with Crippen LogP contribution in [0, 0.1) is 0 Å². The van der Waals surface area contributed by atoms with Crippen molar-refractivity contribution in [2.24, 2.45) is 0 Å². The second kappa shape index (κ2) is 9.35. The number of hydrogen-bond donors (Lipinski definition) is 0. The molecular formula is C25H24O5. The number of carbonyl (C=O) groups is 2. The molecule has 0 fully saturated rings. The van der Waals surface area contributed by atoms with E-state index in [2.05, 4.69) is 0 Å². The number of esters is 1. The van der Waals surface area contributed by atoms with E-state index < -0.39 is 11.6 Å². The fraction of sp³-hybridized carbons (Fsp3) is 0.240. The Labute approximate surface area is 175 Å². The first-order valence-electron chi connectivity index (χ1n) is 10.0. The Bertz CT molecular complexity index is 1160. The summed E-state index contributed by atoms with van der Waals surface area (Å²) in [5, 5.41) is 0.613. The van der Waals surface area contributed by atoms with Crippen molar-refractivity contribution in [1.29, 1.82) is 0 Å². The summed E-state index contributed by atoms with van der Waals surface area (Å²) in [4.78, 5) is 36.9. The fourth-order valence-electron chi connectivity index (χ4n) is 3.19. The summed E-state index contributed by atoms with van der Waals surface area (Å²) in [6.07, 6.45) is 4.09. The van der Waals surface area contributed by atoms with Crippen LogP contribution in [0.3, 0.4) is 0 Å². The summed E-state index contributed by atoms with van der Waals surface area (Å²) < 4.78 is 10.5. The molecule has 1 atom stereocenters. The van der Waals surface area contributed by atoms with Crippen LogP contribution in [-0.4, -0.2) is 18.4 Å². The molecule has 1 heterocycles. The predicted octanol–water partition coefficient (Wildman–Crippen LogP) is 5.38. The molecule has 5 nitrogen and oxygen atoms in total. The molecule has 0 N–H and O–H groups in total. The van der Waals surface area contributed by atoms with E-state index in [4.69, 9.17) is 9.15 Å². The molecule has 2 aromatic carbocycles. The SMILES string of the molecule is CCOC(=O)c1cc2cc(/C=C/C(=O)c3ccccc3)cc(C(C)CC)c2oc1=O. The van der Waals surface area contributed by atoms with Gasteiger partial charge >= 0.3 is 11.6 Å². The number of benzene rings is 2. The van der Waals surface area contributed by atoms with Gasteiger partial charge in [0.05, 0.1) is 6.61 Å². The minimum Gasteiger partial charge on any atom is -0.462 e. The summed E-state index contributed by atoms with van der Waals surface area (Å²) in [5.41, 5.74) is 1.84. The van der Waals surface area contributed by atoms with Crippen LogP contribution in [0.2, 0.25) is 0 Å². The number of rotatable bonds is 7. The van der Waals surface area contributed by atoms with Crippen LogP contribution in [-0.2, 0) is 4.74 Å². The lowest BCUT2D eigenvalue weighted by Crippen LogP contribution is -2.16. The molecule has 0 aliphatic heterocycles. The van der Waals surface area contributed by atoms with Crippen molar-refractivity contribution in [3.63, 3.8) is 0 Å². The third kappa shape index (κ3) is 4.57. The zero-order chi connectivity index (χ0) is 21.7. The number of carbonyl (C=O) groups excluding carboxylic acids is 2. The Kier molecular flexibility index (Phi) is 6.62. The second-order valence-electron chi connectivity index (χ2n) is 7.07. The second-order valence-corrected chi connectivity index (χ2v) is 7.07. The molecule has 0 saturated heterocycles. The van der Waals surface area contributed by atoms with Crippen molar-refractivity contribution in [2.45, 2.75) is 33.1 Å². The molecule has 1 unspecified atom stereocenters. The highest BCUT2D eigenvalue weighted by Gasteiger charge is 2.18. The zero-order valence-electron chi connectivity index (χ0n) is 17.3. The number of ether oxygens (including phenoxy) is 1. The first kappa shape index (κ1) is 21.2. The maximum atomic E-state index is 12.4. The first-order chi connectivity index (χ1) is 14.4. The van der Waals surface area contributed by atoms with Gasteiger partial charge in [0.2, 0.25) is 0 Å². The van der Waals surface area contributed by atoms with E-state index >= 15 is 0 Å². The molecule has 3 aromatic rings. The Morgan fingerprint density at radius 3 is 2.50 bits per heavy atom. The zero-order valence-corrected chi connectivity index (χ0v) is 17.3. The minimum atomic E-state index is -0.715. The Morgan fingerprint density at radius 1 is 1.10 bits per heavy atom. The largest absolute Gasteiger partial charge is 0.462 e. The monoisotopic (exact) mass is 404 g/mol. The van der Waals surface area contributed by atoms with Gasteiger partial charge in [-0.1, -0.05) is 50.3 Å². The van der Waals surface area contributed by atoms with E-state index in [1.807, 2.05) is 38.1 Å². The summed E-state index contributed by atoms with van der Waals surface area (Å²) in [6, 6.07) is 14.2. The van der Waals surface area contributed by atoms with Crippen LogP contribution in [0.15, 0.2) is 63.8 Å². The summed E-state index contributed by atoms with van der Waals surface area (Å²) in [6.45, 7) is 5.92. The molecule has 30 heavy (non-hydrogen) atoms. The van der Waals surface area contributed by atoms with Gasteiger partial charge in [0, 0.05) is 10.9 Å². The molecule has 5 heteroatoms. The van der Waals surface area contributed by atoms with Crippen LogP contribution in [0.25, 0.3) is 17.0 Å². The molecule has 0 amide bonds. The quantitative estimate of drug-likeness (QED) is 0.229. The van der Waals surface area contributed by atoms with E-state index in [0.29, 0.717) is 16.5 Å². The maximum Gasteiger partial charge on any atom is 0.351 e. The molecule has 1 aromatic heterocycles. The van der Waals surface area contributed by atoms with Gasteiger partial charge in [-0.25, -0.2) is 9.59 Å².